The zero-order valence-corrected chi connectivity index (χ0v) is 11.7. The van der Waals surface area contributed by atoms with Gasteiger partial charge in [-0.25, -0.2) is 0 Å². The number of nitrogens with zero attached hydrogens (tertiary/aromatic N) is 1. The third-order valence-electron chi connectivity index (χ3n) is 2.58. The zero-order valence-electron chi connectivity index (χ0n) is 10.1. The average Bonchev–Trinajstić information content (AvgIpc) is 2.46. The fraction of sp³-hybridized carbons (Fsp3) is 0.0714. The van der Waals surface area contributed by atoms with Gasteiger partial charge >= 0.3 is 0 Å². The number of rotatable bonds is 4. The Kier molecular flexibility index (Phi) is 4.41. The summed E-state index contributed by atoms with van der Waals surface area (Å²) in [6, 6.07) is 15.0. The predicted octanol–water partition coefficient (Wildman–Crippen LogP) is 3.12. The first-order valence-corrected chi connectivity index (χ1v) is 6.43. The van der Waals surface area contributed by atoms with Gasteiger partial charge in [-0.1, -0.05) is 33.2 Å². The SMILES string of the molecule is N/C(=N\O)c1ccc(OCc2ccc(Br)cc2)cc1. The van der Waals surface area contributed by atoms with Crippen LogP contribution in [0.15, 0.2) is 58.2 Å². The molecule has 0 heterocycles. The van der Waals surface area contributed by atoms with Gasteiger partial charge in [0.25, 0.3) is 0 Å². The van der Waals surface area contributed by atoms with E-state index < -0.39 is 0 Å². The zero-order chi connectivity index (χ0) is 13.7. The second kappa shape index (κ2) is 6.24. The molecule has 19 heavy (non-hydrogen) atoms. The maximum atomic E-state index is 8.56. The van der Waals surface area contributed by atoms with Gasteiger partial charge < -0.3 is 15.7 Å². The van der Waals surface area contributed by atoms with E-state index in [1.807, 2.05) is 24.3 Å². The van der Waals surface area contributed by atoms with E-state index in [2.05, 4.69) is 21.1 Å². The van der Waals surface area contributed by atoms with Crippen molar-refractivity contribution in [2.45, 2.75) is 6.61 Å². The van der Waals surface area contributed by atoms with Crippen LogP contribution in [0.25, 0.3) is 0 Å². The molecule has 0 bridgehead atoms. The van der Waals surface area contributed by atoms with Crippen molar-refractivity contribution in [2.24, 2.45) is 10.9 Å². The Hall–Kier alpha value is -2.01. The molecule has 0 spiro atoms. The van der Waals surface area contributed by atoms with Crippen LogP contribution in [0.3, 0.4) is 0 Å². The maximum Gasteiger partial charge on any atom is 0.170 e. The molecule has 0 unspecified atom stereocenters. The lowest BCUT2D eigenvalue weighted by molar-refractivity contribution is 0.306. The van der Waals surface area contributed by atoms with E-state index in [0.29, 0.717) is 12.2 Å². The van der Waals surface area contributed by atoms with E-state index in [0.717, 1.165) is 15.8 Å². The summed E-state index contributed by atoms with van der Waals surface area (Å²) >= 11 is 3.39. The Labute approximate surface area is 119 Å². The van der Waals surface area contributed by atoms with Gasteiger partial charge in [-0.3, -0.25) is 0 Å². The summed E-state index contributed by atoms with van der Waals surface area (Å²) < 4.78 is 6.68. The second-order valence-electron chi connectivity index (χ2n) is 3.92. The molecule has 0 amide bonds. The van der Waals surface area contributed by atoms with Crippen LogP contribution in [0, 0.1) is 0 Å². The Morgan fingerprint density at radius 3 is 2.32 bits per heavy atom. The van der Waals surface area contributed by atoms with Gasteiger partial charge in [-0.05, 0) is 42.0 Å². The van der Waals surface area contributed by atoms with E-state index in [1.165, 1.54) is 0 Å². The summed E-state index contributed by atoms with van der Waals surface area (Å²) in [6.45, 7) is 0.496. The summed E-state index contributed by atoms with van der Waals surface area (Å²) in [5.41, 5.74) is 7.22. The molecule has 3 N–H and O–H groups in total. The Morgan fingerprint density at radius 2 is 1.74 bits per heavy atom. The normalized spacial score (nSPS) is 11.3. The van der Waals surface area contributed by atoms with Crippen LogP contribution < -0.4 is 10.5 Å². The first-order valence-electron chi connectivity index (χ1n) is 5.64. The van der Waals surface area contributed by atoms with Gasteiger partial charge in [0.05, 0.1) is 0 Å². The third kappa shape index (κ3) is 3.72. The lowest BCUT2D eigenvalue weighted by Crippen LogP contribution is -2.12. The predicted molar refractivity (Wildman–Crippen MR) is 77.4 cm³/mol. The molecule has 2 rings (SSSR count). The van der Waals surface area contributed by atoms with Crippen LogP contribution in [-0.2, 0) is 6.61 Å². The van der Waals surface area contributed by atoms with Crippen LogP contribution in [-0.4, -0.2) is 11.0 Å². The van der Waals surface area contributed by atoms with Crippen molar-refractivity contribution in [3.05, 3.63) is 64.1 Å². The van der Waals surface area contributed by atoms with Crippen LogP contribution in [0.5, 0.6) is 5.75 Å². The molecule has 2 aromatic carbocycles. The Bertz CT molecular complexity index is 565. The largest absolute Gasteiger partial charge is 0.489 e. The summed E-state index contributed by atoms with van der Waals surface area (Å²) in [5, 5.41) is 11.5. The van der Waals surface area contributed by atoms with Gasteiger partial charge in [-0.2, -0.15) is 0 Å². The highest BCUT2D eigenvalue weighted by Gasteiger charge is 2.00. The average molecular weight is 321 g/mol. The summed E-state index contributed by atoms with van der Waals surface area (Å²) in [6.07, 6.45) is 0. The standard InChI is InChI=1S/C14H13BrN2O2/c15-12-5-1-10(2-6-12)9-19-13-7-3-11(4-8-13)14(16)17-18/h1-8,18H,9H2,(H2,16,17). The first-order chi connectivity index (χ1) is 9.19. The number of nitrogens with two attached hydrogens (primary N) is 1. The molecule has 0 saturated carbocycles. The molecule has 0 aliphatic heterocycles. The molecular weight excluding hydrogens is 308 g/mol. The van der Waals surface area contributed by atoms with Gasteiger partial charge in [0.2, 0.25) is 0 Å². The van der Waals surface area contributed by atoms with Crippen LogP contribution in [0.4, 0.5) is 0 Å². The highest BCUT2D eigenvalue weighted by molar-refractivity contribution is 9.10. The lowest BCUT2D eigenvalue weighted by atomic mass is 10.2. The fourth-order valence-electron chi connectivity index (χ4n) is 1.53. The molecule has 0 aliphatic carbocycles. The van der Waals surface area contributed by atoms with Crippen molar-refractivity contribution in [2.75, 3.05) is 0 Å². The van der Waals surface area contributed by atoms with Crippen LogP contribution in [0.2, 0.25) is 0 Å². The molecule has 2 aromatic rings. The molecule has 0 radical (unpaired) electrons. The van der Waals surface area contributed by atoms with E-state index >= 15 is 0 Å². The summed E-state index contributed by atoms with van der Waals surface area (Å²) in [7, 11) is 0. The van der Waals surface area contributed by atoms with Crippen LogP contribution >= 0.6 is 15.9 Å². The van der Waals surface area contributed by atoms with Gasteiger partial charge in [0.15, 0.2) is 5.84 Å². The van der Waals surface area contributed by atoms with Gasteiger partial charge in [0.1, 0.15) is 12.4 Å². The van der Waals surface area contributed by atoms with Crippen molar-refractivity contribution in [1.82, 2.24) is 0 Å². The van der Waals surface area contributed by atoms with Crippen molar-refractivity contribution < 1.29 is 9.94 Å². The monoisotopic (exact) mass is 320 g/mol. The lowest BCUT2D eigenvalue weighted by Gasteiger charge is -2.07. The second-order valence-corrected chi connectivity index (χ2v) is 4.84. The topological polar surface area (TPSA) is 67.8 Å². The van der Waals surface area contributed by atoms with Crippen molar-refractivity contribution in [3.63, 3.8) is 0 Å². The molecule has 5 heteroatoms. The van der Waals surface area contributed by atoms with E-state index in [-0.39, 0.29) is 5.84 Å². The van der Waals surface area contributed by atoms with Crippen LogP contribution in [0.1, 0.15) is 11.1 Å². The minimum Gasteiger partial charge on any atom is -0.489 e. The highest BCUT2D eigenvalue weighted by Crippen LogP contribution is 2.15. The maximum absolute atomic E-state index is 8.56. The molecule has 0 fully saturated rings. The minimum atomic E-state index is 0.0828. The summed E-state index contributed by atoms with van der Waals surface area (Å²) in [4.78, 5) is 0. The fourth-order valence-corrected chi connectivity index (χ4v) is 1.79. The molecule has 0 aliphatic rings. The molecule has 0 saturated heterocycles. The molecule has 98 valence electrons. The first kappa shape index (κ1) is 13.4. The minimum absolute atomic E-state index is 0.0828. The van der Waals surface area contributed by atoms with Crippen molar-refractivity contribution in [1.29, 1.82) is 0 Å². The van der Waals surface area contributed by atoms with E-state index in [9.17, 15) is 0 Å². The number of halogens is 1. The van der Waals surface area contributed by atoms with Gasteiger partial charge in [-0.15, -0.1) is 0 Å². The number of amidine groups is 1. The molecule has 0 atom stereocenters. The third-order valence-corrected chi connectivity index (χ3v) is 3.11. The van der Waals surface area contributed by atoms with E-state index in [4.69, 9.17) is 15.7 Å². The number of ether oxygens (including phenoxy) is 1. The molecule has 0 aromatic heterocycles. The van der Waals surface area contributed by atoms with Crippen molar-refractivity contribution in [3.8, 4) is 5.75 Å². The van der Waals surface area contributed by atoms with Gasteiger partial charge in [0, 0.05) is 10.0 Å². The smallest absolute Gasteiger partial charge is 0.170 e. The quantitative estimate of drug-likeness (QED) is 0.393. The number of benzene rings is 2. The molecular formula is C14H13BrN2O2. The number of hydrogen-bond acceptors (Lipinski definition) is 3. The van der Waals surface area contributed by atoms with E-state index in [1.54, 1.807) is 24.3 Å². The highest BCUT2D eigenvalue weighted by atomic mass is 79.9. The number of hydrogen-bond donors (Lipinski definition) is 2. The Balaban J connectivity index is 1.98. The molecule has 4 nitrogen and oxygen atoms in total. The number of oxime groups is 1. The van der Waals surface area contributed by atoms with Crippen molar-refractivity contribution >= 4 is 21.8 Å². The summed E-state index contributed by atoms with van der Waals surface area (Å²) in [5.74, 6) is 0.817. The Morgan fingerprint density at radius 1 is 1.11 bits per heavy atom.